The van der Waals surface area contributed by atoms with Crippen LogP contribution < -0.4 is 0 Å². The second-order valence-electron chi connectivity index (χ2n) is 6.59. The minimum Gasteiger partial charge on any atom is -0.383 e. The zero-order valence-electron chi connectivity index (χ0n) is 14.3. The summed E-state index contributed by atoms with van der Waals surface area (Å²) in [6, 6.07) is 0.112. The van der Waals surface area contributed by atoms with Crippen LogP contribution in [0.3, 0.4) is 0 Å². The number of aryl methyl sites for hydroxylation is 2. The number of nitrogens with zero attached hydrogens (tertiary/aromatic N) is 4. The van der Waals surface area contributed by atoms with Crippen LogP contribution in [0.1, 0.15) is 30.9 Å². The van der Waals surface area contributed by atoms with Crippen LogP contribution in [0.5, 0.6) is 0 Å². The van der Waals surface area contributed by atoms with Gasteiger partial charge in [-0.05, 0) is 19.8 Å². The van der Waals surface area contributed by atoms with Crippen molar-refractivity contribution in [3.63, 3.8) is 0 Å². The number of nitrogens with one attached hydrogen (secondary N) is 1. The maximum Gasteiger partial charge on any atom is 0.227 e. The summed E-state index contributed by atoms with van der Waals surface area (Å²) in [7, 11) is 1.64. The molecule has 0 unspecified atom stereocenters. The Kier molecular flexibility index (Phi) is 5.13. The van der Waals surface area contributed by atoms with E-state index in [-0.39, 0.29) is 23.8 Å². The summed E-state index contributed by atoms with van der Waals surface area (Å²) >= 11 is 0. The van der Waals surface area contributed by atoms with Gasteiger partial charge in [0.15, 0.2) is 5.82 Å². The molecule has 8 nitrogen and oxygen atoms in total. The van der Waals surface area contributed by atoms with Gasteiger partial charge in [-0.25, -0.2) is 4.98 Å². The lowest BCUT2D eigenvalue weighted by molar-refractivity contribution is -0.140. The summed E-state index contributed by atoms with van der Waals surface area (Å²) in [6.45, 7) is 4.13. The molecule has 4 heterocycles. The van der Waals surface area contributed by atoms with Crippen molar-refractivity contribution >= 4 is 11.8 Å². The highest BCUT2D eigenvalue weighted by molar-refractivity contribution is 5.83. The van der Waals surface area contributed by atoms with E-state index in [1.807, 2.05) is 16.7 Å². The van der Waals surface area contributed by atoms with Crippen LogP contribution in [0.25, 0.3) is 0 Å². The number of amides is 2. The Morgan fingerprint density at radius 2 is 2.21 bits per heavy atom. The monoisotopic (exact) mass is 335 g/mol. The van der Waals surface area contributed by atoms with Gasteiger partial charge in [0.1, 0.15) is 5.82 Å². The minimum atomic E-state index is -0.0738. The van der Waals surface area contributed by atoms with Crippen molar-refractivity contribution in [3.8, 4) is 0 Å². The van der Waals surface area contributed by atoms with E-state index in [1.54, 1.807) is 7.11 Å². The van der Waals surface area contributed by atoms with E-state index in [4.69, 9.17) is 4.74 Å². The van der Waals surface area contributed by atoms with Gasteiger partial charge in [0.25, 0.3) is 0 Å². The van der Waals surface area contributed by atoms with Crippen LogP contribution in [0.2, 0.25) is 0 Å². The third-order valence-electron chi connectivity index (χ3n) is 4.89. The number of methoxy groups -OCH3 is 1. The summed E-state index contributed by atoms with van der Waals surface area (Å²) in [4.78, 5) is 33.1. The molecule has 1 N–H and O–H groups in total. The third kappa shape index (κ3) is 3.58. The van der Waals surface area contributed by atoms with E-state index in [2.05, 4.69) is 15.2 Å². The van der Waals surface area contributed by atoms with Gasteiger partial charge in [-0.2, -0.15) is 5.10 Å². The molecular formula is C16H25N5O3. The summed E-state index contributed by atoms with van der Waals surface area (Å²) in [5.74, 6) is 1.59. The van der Waals surface area contributed by atoms with Crippen molar-refractivity contribution in [3.05, 3.63) is 11.6 Å². The van der Waals surface area contributed by atoms with E-state index in [9.17, 15) is 9.59 Å². The van der Waals surface area contributed by atoms with Gasteiger partial charge in [-0.3, -0.25) is 14.7 Å². The number of H-pyrrole nitrogens is 1. The lowest BCUT2D eigenvalue weighted by Crippen LogP contribution is -2.49. The number of hydrogen-bond donors (Lipinski definition) is 1. The van der Waals surface area contributed by atoms with Crippen molar-refractivity contribution in [2.24, 2.45) is 5.92 Å². The van der Waals surface area contributed by atoms with Crippen molar-refractivity contribution in [2.75, 3.05) is 33.4 Å². The molecule has 3 aliphatic heterocycles. The quantitative estimate of drug-likeness (QED) is 0.798. The van der Waals surface area contributed by atoms with Crippen molar-refractivity contribution in [1.29, 1.82) is 0 Å². The fourth-order valence-corrected chi connectivity index (χ4v) is 3.61. The van der Waals surface area contributed by atoms with E-state index < -0.39 is 0 Å². The van der Waals surface area contributed by atoms with E-state index in [0.717, 1.165) is 18.7 Å². The second kappa shape index (κ2) is 7.29. The Morgan fingerprint density at radius 3 is 2.92 bits per heavy atom. The molecule has 2 atom stereocenters. The molecule has 2 amide bonds. The van der Waals surface area contributed by atoms with Crippen LogP contribution in [0.15, 0.2) is 0 Å². The van der Waals surface area contributed by atoms with Gasteiger partial charge in [0, 0.05) is 45.6 Å². The molecule has 3 aliphatic rings. The van der Waals surface area contributed by atoms with E-state index in [1.165, 1.54) is 0 Å². The number of ether oxygens (including phenoxy) is 1. The van der Waals surface area contributed by atoms with Crippen LogP contribution >= 0.6 is 0 Å². The first-order chi connectivity index (χ1) is 11.6. The molecule has 0 spiro atoms. The summed E-state index contributed by atoms with van der Waals surface area (Å²) < 4.78 is 5.11. The summed E-state index contributed by atoms with van der Waals surface area (Å²) in [6.07, 6.45) is 2.74. The maximum absolute atomic E-state index is 12.6. The number of hydrogen-bond acceptors (Lipinski definition) is 5. The molecule has 2 bridgehead atoms. The average Bonchev–Trinajstić information content (AvgIpc) is 2.80. The Balaban J connectivity index is 1.61. The van der Waals surface area contributed by atoms with Crippen LogP contribution in [0, 0.1) is 12.8 Å². The van der Waals surface area contributed by atoms with Gasteiger partial charge in [-0.15, -0.1) is 0 Å². The zero-order valence-corrected chi connectivity index (χ0v) is 14.3. The highest BCUT2D eigenvalue weighted by Gasteiger charge is 2.41. The Bertz CT molecular complexity index is 602. The first kappa shape index (κ1) is 16.9. The SMILES string of the molecule is COCCN1C(=O)[C@H]2CC[C@@H]1CN(C(=O)CCc1n[nH]c(C)n1)C2. The minimum absolute atomic E-state index is 0.0738. The molecule has 1 aromatic heterocycles. The molecule has 132 valence electrons. The van der Waals surface area contributed by atoms with Gasteiger partial charge in [0.05, 0.1) is 12.5 Å². The first-order valence-electron chi connectivity index (χ1n) is 8.53. The number of rotatable bonds is 6. The molecule has 0 saturated carbocycles. The second-order valence-corrected chi connectivity index (χ2v) is 6.59. The predicted molar refractivity (Wildman–Crippen MR) is 86.1 cm³/mol. The van der Waals surface area contributed by atoms with Crippen molar-refractivity contribution < 1.29 is 14.3 Å². The van der Waals surface area contributed by atoms with Gasteiger partial charge in [0.2, 0.25) is 11.8 Å². The number of piperidine rings is 1. The van der Waals surface area contributed by atoms with Gasteiger partial charge >= 0.3 is 0 Å². The highest BCUT2D eigenvalue weighted by Crippen LogP contribution is 2.29. The standard InChI is InChI=1S/C16H25N5O3/c1-11-17-14(19-18-11)5-6-15(22)20-9-12-3-4-13(10-20)21(16(12)23)7-8-24-2/h12-13H,3-10H2,1-2H3,(H,17,18,19)/t12-,13+/m0/s1. The molecule has 0 radical (unpaired) electrons. The number of fused-ring (bicyclic) bond motifs is 4. The molecule has 24 heavy (non-hydrogen) atoms. The average molecular weight is 335 g/mol. The molecule has 4 rings (SSSR count). The van der Waals surface area contributed by atoms with Crippen LogP contribution in [-0.4, -0.2) is 76.2 Å². The molecule has 0 aliphatic carbocycles. The smallest absolute Gasteiger partial charge is 0.227 e. The fourth-order valence-electron chi connectivity index (χ4n) is 3.61. The van der Waals surface area contributed by atoms with Crippen molar-refractivity contribution in [2.45, 2.75) is 38.6 Å². The molecule has 3 saturated heterocycles. The first-order valence-corrected chi connectivity index (χ1v) is 8.53. The summed E-state index contributed by atoms with van der Waals surface area (Å²) in [5, 5.41) is 6.86. The molecule has 0 aromatic carbocycles. The van der Waals surface area contributed by atoms with E-state index in [0.29, 0.717) is 44.9 Å². The Hall–Kier alpha value is -1.96. The number of aromatic amines is 1. The molecule has 1 aromatic rings. The fraction of sp³-hybridized carbons (Fsp3) is 0.750. The predicted octanol–water partition coefficient (Wildman–Crippen LogP) is 0.142. The third-order valence-corrected chi connectivity index (χ3v) is 4.89. The molecular weight excluding hydrogens is 310 g/mol. The molecule has 3 fully saturated rings. The highest BCUT2D eigenvalue weighted by atomic mass is 16.5. The summed E-state index contributed by atoms with van der Waals surface area (Å²) in [5.41, 5.74) is 0. The Labute approximate surface area is 141 Å². The van der Waals surface area contributed by atoms with Gasteiger partial charge < -0.3 is 14.5 Å². The lowest BCUT2D eigenvalue weighted by atomic mass is 9.94. The zero-order chi connectivity index (χ0) is 17.1. The van der Waals surface area contributed by atoms with Crippen LogP contribution in [-0.2, 0) is 20.7 Å². The maximum atomic E-state index is 12.6. The largest absolute Gasteiger partial charge is 0.383 e. The topological polar surface area (TPSA) is 91.4 Å². The lowest BCUT2D eigenvalue weighted by Gasteiger charge is -2.35. The number of carbonyl (C=O) groups is 2. The molecule has 8 heteroatoms. The Morgan fingerprint density at radius 1 is 1.38 bits per heavy atom. The van der Waals surface area contributed by atoms with Crippen molar-refractivity contribution in [1.82, 2.24) is 25.0 Å². The van der Waals surface area contributed by atoms with E-state index >= 15 is 0 Å². The number of aromatic nitrogens is 3. The van der Waals surface area contributed by atoms with Crippen LogP contribution in [0.4, 0.5) is 0 Å². The van der Waals surface area contributed by atoms with Gasteiger partial charge in [-0.1, -0.05) is 0 Å². The number of carbonyl (C=O) groups excluding carboxylic acids is 2. The normalized spacial score (nSPS) is 23.7.